The van der Waals surface area contributed by atoms with Crippen LogP contribution >= 0.6 is 11.3 Å². The zero-order chi connectivity index (χ0) is 9.26. The summed E-state index contributed by atoms with van der Waals surface area (Å²) in [5.41, 5.74) is 2.10. The summed E-state index contributed by atoms with van der Waals surface area (Å²) in [5.74, 6) is 0.0411. The van der Waals surface area contributed by atoms with E-state index in [0.29, 0.717) is 0 Å². The molecule has 0 aromatic carbocycles. The quantitative estimate of drug-likeness (QED) is 0.696. The zero-order valence-electron chi connectivity index (χ0n) is 7.52. The molecule has 1 aliphatic heterocycles. The van der Waals surface area contributed by atoms with E-state index < -0.39 is 0 Å². The van der Waals surface area contributed by atoms with E-state index in [2.05, 4.69) is 10.6 Å². The highest BCUT2D eigenvalue weighted by Crippen LogP contribution is 2.25. The van der Waals surface area contributed by atoms with Crippen molar-refractivity contribution in [2.45, 2.75) is 13.0 Å². The third-order valence-electron chi connectivity index (χ3n) is 2.29. The molecule has 0 spiro atoms. The lowest BCUT2D eigenvalue weighted by atomic mass is 10.0. The summed E-state index contributed by atoms with van der Waals surface area (Å²) in [7, 11) is 1.67. The molecule has 0 saturated heterocycles. The SMILES string of the molecule is CNC(=O)c1csc2c1CCNC2. The van der Waals surface area contributed by atoms with Crippen molar-refractivity contribution in [2.24, 2.45) is 0 Å². The molecule has 2 rings (SSSR count). The van der Waals surface area contributed by atoms with Crippen molar-refractivity contribution in [1.29, 1.82) is 0 Å². The molecule has 0 radical (unpaired) electrons. The minimum atomic E-state index is 0.0411. The normalized spacial score (nSPS) is 15.2. The lowest BCUT2D eigenvalue weighted by Crippen LogP contribution is -2.25. The molecule has 1 aromatic rings. The standard InChI is InChI=1S/C9H12N2OS/c1-10-9(12)7-5-13-8-4-11-3-2-6(7)8/h5,11H,2-4H2,1H3,(H,10,12). The number of hydrogen-bond acceptors (Lipinski definition) is 3. The van der Waals surface area contributed by atoms with Crippen molar-refractivity contribution in [3.63, 3.8) is 0 Å². The Hall–Kier alpha value is -0.870. The minimum Gasteiger partial charge on any atom is -0.355 e. The number of hydrogen-bond donors (Lipinski definition) is 2. The van der Waals surface area contributed by atoms with Crippen LogP contribution in [0.5, 0.6) is 0 Å². The number of nitrogens with one attached hydrogen (secondary N) is 2. The fraction of sp³-hybridized carbons (Fsp3) is 0.444. The monoisotopic (exact) mass is 196 g/mol. The van der Waals surface area contributed by atoms with Gasteiger partial charge >= 0.3 is 0 Å². The van der Waals surface area contributed by atoms with Gasteiger partial charge in [-0.05, 0) is 18.5 Å². The molecule has 13 heavy (non-hydrogen) atoms. The lowest BCUT2D eigenvalue weighted by molar-refractivity contribution is 0.0962. The molecular weight excluding hydrogens is 184 g/mol. The second-order valence-corrected chi connectivity index (χ2v) is 4.02. The largest absolute Gasteiger partial charge is 0.355 e. The molecular formula is C9H12N2OS. The van der Waals surface area contributed by atoms with Crippen LogP contribution < -0.4 is 10.6 Å². The summed E-state index contributed by atoms with van der Waals surface area (Å²) in [6, 6.07) is 0. The van der Waals surface area contributed by atoms with Gasteiger partial charge in [-0.1, -0.05) is 0 Å². The Morgan fingerprint density at radius 1 is 1.69 bits per heavy atom. The molecule has 1 amide bonds. The average Bonchev–Trinajstić information content (AvgIpc) is 2.60. The predicted molar refractivity (Wildman–Crippen MR) is 53.1 cm³/mol. The predicted octanol–water partition coefficient (Wildman–Crippen LogP) is 0.753. The van der Waals surface area contributed by atoms with Crippen molar-refractivity contribution >= 4 is 17.2 Å². The van der Waals surface area contributed by atoms with Crippen LogP contribution in [0.1, 0.15) is 20.8 Å². The Bertz CT molecular complexity index is 332. The Balaban J connectivity index is 2.36. The Morgan fingerprint density at radius 2 is 2.54 bits per heavy atom. The summed E-state index contributed by atoms with van der Waals surface area (Å²) < 4.78 is 0. The molecule has 0 atom stereocenters. The summed E-state index contributed by atoms with van der Waals surface area (Å²) in [6.45, 7) is 1.89. The number of rotatable bonds is 1. The van der Waals surface area contributed by atoms with Crippen molar-refractivity contribution in [1.82, 2.24) is 10.6 Å². The fourth-order valence-electron chi connectivity index (χ4n) is 1.59. The van der Waals surface area contributed by atoms with E-state index in [1.165, 1.54) is 10.4 Å². The molecule has 0 saturated carbocycles. The van der Waals surface area contributed by atoms with Gasteiger partial charge in [0.25, 0.3) is 5.91 Å². The van der Waals surface area contributed by atoms with Crippen LogP contribution in [0.15, 0.2) is 5.38 Å². The van der Waals surface area contributed by atoms with Crippen LogP contribution in [0.2, 0.25) is 0 Å². The van der Waals surface area contributed by atoms with Gasteiger partial charge in [-0.2, -0.15) is 0 Å². The molecule has 0 unspecified atom stereocenters. The van der Waals surface area contributed by atoms with Crippen LogP contribution in [0.3, 0.4) is 0 Å². The van der Waals surface area contributed by atoms with Crippen LogP contribution in [-0.4, -0.2) is 19.5 Å². The zero-order valence-corrected chi connectivity index (χ0v) is 8.33. The molecule has 2 heterocycles. The first kappa shape index (κ1) is 8.72. The van der Waals surface area contributed by atoms with E-state index in [-0.39, 0.29) is 5.91 Å². The third kappa shape index (κ3) is 1.47. The highest BCUT2D eigenvalue weighted by atomic mass is 32.1. The molecule has 0 fully saturated rings. The summed E-state index contributed by atoms with van der Waals surface area (Å²) in [5, 5.41) is 7.91. The Kier molecular flexibility index (Phi) is 2.33. The van der Waals surface area contributed by atoms with Gasteiger partial charge in [0.15, 0.2) is 0 Å². The molecule has 1 aromatic heterocycles. The van der Waals surface area contributed by atoms with Crippen molar-refractivity contribution in [2.75, 3.05) is 13.6 Å². The van der Waals surface area contributed by atoms with E-state index >= 15 is 0 Å². The van der Waals surface area contributed by atoms with Gasteiger partial charge in [0.2, 0.25) is 0 Å². The first-order chi connectivity index (χ1) is 6.33. The van der Waals surface area contributed by atoms with E-state index in [1.54, 1.807) is 18.4 Å². The van der Waals surface area contributed by atoms with E-state index in [1.807, 2.05) is 5.38 Å². The minimum absolute atomic E-state index is 0.0411. The molecule has 4 heteroatoms. The maximum atomic E-state index is 11.4. The molecule has 2 N–H and O–H groups in total. The molecule has 1 aliphatic rings. The van der Waals surface area contributed by atoms with Gasteiger partial charge < -0.3 is 10.6 Å². The van der Waals surface area contributed by atoms with Crippen molar-refractivity contribution < 1.29 is 4.79 Å². The number of fused-ring (bicyclic) bond motifs is 1. The van der Waals surface area contributed by atoms with Gasteiger partial charge in [-0.3, -0.25) is 4.79 Å². The molecule has 3 nitrogen and oxygen atoms in total. The summed E-state index contributed by atoms with van der Waals surface area (Å²) >= 11 is 1.67. The Morgan fingerprint density at radius 3 is 3.31 bits per heavy atom. The topological polar surface area (TPSA) is 41.1 Å². The van der Waals surface area contributed by atoms with Crippen molar-refractivity contribution in [3.8, 4) is 0 Å². The van der Waals surface area contributed by atoms with Gasteiger partial charge in [0, 0.05) is 23.8 Å². The smallest absolute Gasteiger partial charge is 0.252 e. The van der Waals surface area contributed by atoms with Crippen LogP contribution in [0.4, 0.5) is 0 Å². The maximum absolute atomic E-state index is 11.4. The first-order valence-corrected chi connectivity index (χ1v) is 5.23. The average molecular weight is 196 g/mol. The molecule has 0 bridgehead atoms. The van der Waals surface area contributed by atoms with E-state index in [0.717, 1.165) is 25.1 Å². The van der Waals surface area contributed by atoms with Crippen LogP contribution in [0.25, 0.3) is 0 Å². The molecule has 0 aliphatic carbocycles. The van der Waals surface area contributed by atoms with Gasteiger partial charge in [0.05, 0.1) is 5.56 Å². The first-order valence-electron chi connectivity index (χ1n) is 4.35. The highest BCUT2D eigenvalue weighted by molar-refractivity contribution is 7.10. The summed E-state index contributed by atoms with van der Waals surface area (Å²) in [6.07, 6.45) is 0.974. The van der Waals surface area contributed by atoms with Gasteiger partial charge in [-0.25, -0.2) is 0 Å². The van der Waals surface area contributed by atoms with Crippen LogP contribution in [-0.2, 0) is 13.0 Å². The van der Waals surface area contributed by atoms with E-state index in [9.17, 15) is 4.79 Å². The number of amides is 1. The Labute approximate surface area is 81.2 Å². The van der Waals surface area contributed by atoms with E-state index in [4.69, 9.17) is 0 Å². The summed E-state index contributed by atoms with van der Waals surface area (Å²) in [4.78, 5) is 12.7. The fourth-order valence-corrected chi connectivity index (χ4v) is 2.63. The highest BCUT2D eigenvalue weighted by Gasteiger charge is 2.18. The molecule has 70 valence electrons. The second-order valence-electron chi connectivity index (χ2n) is 3.06. The second kappa shape index (κ2) is 3.47. The third-order valence-corrected chi connectivity index (χ3v) is 3.32. The maximum Gasteiger partial charge on any atom is 0.252 e. The van der Waals surface area contributed by atoms with Crippen molar-refractivity contribution in [3.05, 3.63) is 21.4 Å². The van der Waals surface area contributed by atoms with Gasteiger partial charge in [0.1, 0.15) is 0 Å². The lowest BCUT2D eigenvalue weighted by Gasteiger charge is -2.13. The van der Waals surface area contributed by atoms with Crippen LogP contribution in [0, 0.1) is 0 Å². The number of carbonyl (C=O) groups is 1. The number of thiophene rings is 1. The number of carbonyl (C=O) groups excluding carboxylic acids is 1. The van der Waals surface area contributed by atoms with Gasteiger partial charge in [-0.15, -0.1) is 11.3 Å².